The van der Waals surface area contributed by atoms with Crippen LogP contribution in [0.25, 0.3) is 0 Å². The summed E-state index contributed by atoms with van der Waals surface area (Å²) >= 11 is 0. The Bertz CT molecular complexity index is 532. The van der Waals surface area contributed by atoms with Gasteiger partial charge in [0.05, 0.1) is 13.7 Å². The number of rotatable bonds is 5. The number of hydrogen-bond donors (Lipinski definition) is 1. The highest BCUT2D eigenvalue weighted by atomic mass is 16.5. The van der Waals surface area contributed by atoms with Gasteiger partial charge in [0.25, 0.3) is 0 Å². The largest absolute Gasteiger partial charge is 0.497 e. The Morgan fingerprint density at radius 2 is 1.79 bits per heavy atom. The van der Waals surface area contributed by atoms with Crippen LogP contribution in [0.15, 0.2) is 42.5 Å². The third-order valence-electron chi connectivity index (χ3n) is 2.95. The summed E-state index contributed by atoms with van der Waals surface area (Å²) in [5.74, 6) is 1.56. The van der Waals surface area contributed by atoms with E-state index in [0.29, 0.717) is 6.61 Å². The van der Waals surface area contributed by atoms with Gasteiger partial charge in [-0.1, -0.05) is 24.3 Å². The van der Waals surface area contributed by atoms with Crippen molar-refractivity contribution >= 4 is 0 Å². The van der Waals surface area contributed by atoms with E-state index in [2.05, 4.69) is 0 Å². The molecule has 0 spiro atoms. The smallest absolute Gasteiger partial charge is 0.125 e. The standard InChI is InChI=1S/C16H18O3/c1-12-3-6-14(10-17)16(9-12)19-11-13-4-7-15(18-2)8-5-13/h3-9,17H,10-11H2,1-2H3. The number of hydrogen-bond acceptors (Lipinski definition) is 3. The highest BCUT2D eigenvalue weighted by molar-refractivity contribution is 5.37. The van der Waals surface area contributed by atoms with Crippen LogP contribution in [-0.4, -0.2) is 12.2 Å². The van der Waals surface area contributed by atoms with Gasteiger partial charge in [-0.05, 0) is 36.2 Å². The minimum atomic E-state index is -0.0156. The number of ether oxygens (including phenoxy) is 2. The highest BCUT2D eigenvalue weighted by Gasteiger charge is 2.04. The molecule has 0 aromatic heterocycles. The molecule has 0 fully saturated rings. The zero-order valence-corrected chi connectivity index (χ0v) is 11.2. The van der Waals surface area contributed by atoms with Crippen LogP contribution in [0.3, 0.4) is 0 Å². The van der Waals surface area contributed by atoms with Crippen LogP contribution in [0, 0.1) is 6.92 Å². The lowest BCUT2D eigenvalue weighted by atomic mass is 10.1. The van der Waals surface area contributed by atoms with Crippen molar-refractivity contribution < 1.29 is 14.6 Å². The molecule has 2 aromatic carbocycles. The molecule has 2 rings (SSSR count). The molecule has 0 unspecified atom stereocenters. The number of aliphatic hydroxyl groups is 1. The van der Waals surface area contributed by atoms with Gasteiger partial charge in [0.1, 0.15) is 18.1 Å². The topological polar surface area (TPSA) is 38.7 Å². The van der Waals surface area contributed by atoms with Gasteiger partial charge in [-0.25, -0.2) is 0 Å². The molecule has 0 aliphatic rings. The average molecular weight is 258 g/mol. The summed E-state index contributed by atoms with van der Waals surface area (Å²) < 4.78 is 10.9. The molecule has 3 nitrogen and oxygen atoms in total. The van der Waals surface area contributed by atoms with Gasteiger partial charge in [-0.3, -0.25) is 0 Å². The summed E-state index contributed by atoms with van der Waals surface area (Å²) in [6.45, 7) is 2.46. The van der Waals surface area contributed by atoms with Crippen molar-refractivity contribution in [3.63, 3.8) is 0 Å². The zero-order valence-electron chi connectivity index (χ0n) is 11.2. The summed E-state index contributed by atoms with van der Waals surface area (Å²) in [6, 6.07) is 13.5. The quantitative estimate of drug-likeness (QED) is 0.895. The predicted octanol–water partition coefficient (Wildman–Crippen LogP) is 3.07. The normalized spacial score (nSPS) is 10.3. The second-order valence-electron chi connectivity index (χ2n) is 4.41. The maximum Gasteiger partial charge on any atom is 0.125 e. The van der Waals surface area contributed by atoms with Gasteiger partial charge < -0.3 is 14.6 Å². The lowest BCUT2D eigenvalue weighted by Crippen LogP contribution is -1.99. The Balaban J connectivity index is 2.07. The maximum absolute atomic E-state index is 9.28. The first-order chi connectivity index (χ1) is 9.22. The Hall–Kier alpha value is -2.00. The third-order valence-corrected chi connectivity index (χ3v) is 2.95. The van der Waals surface area contributed by atoms with E-state index in [9.17, 15) is 5.11 Å². The van der Waals surface area contributed by atoms with E-state index >= 15 is 0 Å². The van der Waals surface area contributed by atoms with Crippen molar-refractivity contribution in [1.82, 2.24) is 0 Å². The third kappa shape index (κ3) is 3.48. The number of benzene rings is 2. The summed E-state index contributed by atoms with van der Waals surface area (Å²) in [7, 11) is 1.64. The molecule has 0 saturated heterocycles. The Morgan fingerprint density at radius 3 is 2.42 bits per heavy atom. The van der Waals surface area contributed by atoms with E-state index in [-0.39, 0.29) is 6.61 Å². The Kier molecular flexibility index (Phi) is 4.42. The summed E-state index contributed by atoms with van der Waals surface area (Å²) in [5.41, 5.74) is 2.98. The van der Waals surface area contributed by atoms with Gasteiger partial charge in [-0.15, -0.1) is 0 Å². The van der Waals surface area contributed by atoms with Crippen LogP contribution in [0.1, 0.15) is 16.7 Å². The fraction of sp³-hybridized carbons (Fsp3) is 0.250. The minimum absolute atomic E-state index is 0.0156. The van der Waals surface area contributed by atoms with Crippen LogP contribution in [0.4, 0.5) is 0 Å². The van der Waals surface area contributed by atoms with E-state index in [1.54, 1.807) is 7.11 Å². The Morgan fingerprint density at radius 1 is 1.05 bits per heavy atom. The molecule has 0 aliphatic heterocycles. The van der Waals surface area contributed by atoms with Gasteiger partial charge in [-0.2, -0.15) is 0 Å². The fourth-order valence-corrected chi connectivity index (χ4v) is 1.81. The summed E-state index contributed by atoms with van der Waals surface area (Å²) in [5, 5.41) is 9.28. The molecule has 0 atom stereocenters. The second kappa shape index (κ2) is 6.25. The van der Waals surface area contributed by atoms with Crippen molar-refractivity contribution in [2.45, 2.75) is 20.1 Å². The Labute approximate surface area is 113 Å². The lowest BCUT2D eigenvalue weighted by molar-refractivity contribution is 0.259. The van der Waals surface area contributed by atoms with Crippen LogP contribution in [0.2, 0.25) is 0 Å². The molecule has 0 heterocycles. The van der Waals surface area contributed by atoms with E-state index in [1.807, 2.05) is 49.4 Å². The van der Waals surface area contributed by atoms with Crippen molar-refractivity contribution in [2.75, 3.05) is 7.11 Å². The van der Waals surface area contributed by atoms with Crippen molar-refractivity contribution in [2.24, 2.45) is 0 Å². The number of aryl methyl sites for hydroxylation is 1. The van der Waals surface area contributed by atoms with Gasteiger partial charge in [0.2, 0.25) is 0 Å². The molecule has 19 heavy (non-hydrogen) atoms. The van der Waals surface area contributed by atoms with Crippen molar-refractivity contribution in [3.8, 4) is 11.5 Å². The SMILES string of the molecule is COc1ccc(COc2cc(C)ccc2CO)cc1. The van der Waals surface area contributed by atoms with Crippen LogP contribution < -0.4 is 9.47 Å². The predicted molar refractivity (Wildman–Crippen MR) is 74.4 cm³/mol. The molecule has 1 N–H and O–H groups in total. The van der Waals surface area contributed by atoms with Crippen molar-refractivity contribution in [3.05, 3.63) is 59.2 Å². The summed E-state index contributed by atoms with van der Waals surface area (Å²) in [6.07, 6.45) is 0. The van der Waals surface area contributed by atoms with E-state index in [1.165, 1.54) is 0 Å². The molecule has 3 heteroatoms. The first kappa shape index (κ1) is 13.4. The zero-order chi connectivity index (χ0) is 13.7. The van der Waals surface area contributed by atoms with Crippen molar-refractivity contribution in [1.29, 1.82) is 0 Å². The van der Waals surface area contributed by atoms with E-state index in [0.717, 1.165) is 28.2 Å². The number of methoxy groups -OCH3 is 1. The minimum Gasteiger partial charge on any atom is -0.497 e. The molecule has 0 aliphatic carbocycles. The van der Waals surface area contributed by atoms with Crippen LogP contribution in [0.5, 0.6) is 11.5 Å². The lowest BCUT2D eigenvalue weighted by Gasteiger charge is -2.11. The average Bonchev–Trinajstić information content (AvgIpc) is 2.46. The molecular weight excluding hydrogens is 240 g/mol. The first-order valence-corrected chi connectivity index (χ1v) is 6.19. The first-order valence-electron chi connectivity index (χ1n) is 6.19. The molecular formula is C16H18O3. The fourth-order valence-electron chi connectivity index (χ4n) is 1.81. The van der Waals surface area contributed by atoms with Crippen LogP contribution >= 0.6 is 0 Å². The van der Waals surface area contributed by atoms with Crippen LogP contribution in [-0.2, 0) is 13.2 Å². The monoisotopic (exact) mass is 258 g/mol. The molecule has 0 radical (unpaired) electrons. The molecule has 0 saturated carbocycles. The van der Waals surface area contributed by atoms with Gasteiger partial charge >= 0.3 is 0 Å². The van der Waals surface area contributed by atoms with E-state index < -0.39 is 0 Å². The van der Waals surface area contributed by atoms with Gasteiger partial charge in [0, 0.05) is 5.56 Å². The molecule has 100 valence electrons. The highest BCUT2D eigenvalue weighted by Crippen LogP contribution is 2.22. The summed E-state index contributed by atoms with van der Waals surface area (Å²) in [4.78, 5) is 0. The molecule has 0 bridgehead atoms. The molecule has 0 amide bonds. The second-order valence-corrected chi connectivity index (χ2v) is 4.41. The number of aliphatic hydroxyl groups excluding tert-OH is 1. The van der Waals surface area contributed by atoms with Gasteiger partial charge in [0.15, 0.2) is 0 Å². The maximum atomic E-state index is 9.28. The molecule has 2 aromatic rings. The van der Waals surface area contributed by atoms with E-state index in [4.69, 9.17) is 9.47 Å².